The maximum absolute atomic E-state index is 12.0. The van der Waals surface area contributed by atoms with Gasteiger partial charge in [-0.25, -0.2) is 0 Å². The van der Waals surface area contributed by atoms with Gasteiger partial charge in [-0.1, -0.05) is 15.9 Å². The van der Waals surface area contributed by atoms with E-state index >= 15 is 0 Å². The van der Waals surface area contributed by atoms with Gasteiger partial charge in [0, 0.05) is 9.86 Å². The Morgan fingerprint density at radius 1 is 1.43 bits per heavy atom. The van der Waals surface area contributed by atoms with E-state index in [-0.39, 0.29) is 5.75 Å². The van der Waals surface area contributed by atoms with E-state index in [4.69, 9.17) is 0 Å². The topological polar surface area (TPSA) is 37.9 Å². The molecular weight excluding hydrogens is 258 g/mol. The Morgan fingerprint density at radius 3 is 2.93 bits per heavy atom. The van der Waals surface area contributed by atoms with Crippen LogP contribution >= 0.6 is 15.9 Å². The van der Waals surface area contributed by atoms with Gasteiger partial charge in [0.15, 0.2) is 5.75 Å². The molecule has 74 valence electrons. The maximum Gasteiger partial charge on any atom is 0.387 e. The molecule has 2 aromatic rings. The highest BCUT2D eigenvalue weighted by molar-refractivity contribution is 9.10. The molecule has 0 aliphatic carbocycles. The van der Waals surface area contributed by atoms with Crippen molar-refractivity contribution in [3.05, 3.63) is 22.8 Å². The van der Waals surface area contributed by atoms with Gasteiger partial charge >= 0.3 is 6.61 Å². The van der Waals surface area contributed by atoms with Gasteiger partial charge in [-0.15, -0.1) is 0 Å². The zero-order valence-electron chi connectivity index (χ0n) is 6.80. The van der Waals surface area contributed by atoms with Gasteiger partial charge in [-0.3, -0.25) is 5.10 Å². The molecule has 6 heteroatoms. The minimum absolute atomic E-state index is 0.0851. The van der Waals surface area contributed by atoms with E-state index in [1.807, 2.05) is 0 Å². The Labute approximate surface area is 86.2 Å². The fourth-order valence-electron chi connectivity index (χ4n) is 1.18. The number of alkyl halides is 2. The van der Waals surface area contributed by atoms with E-state index in [1.165, 1.54) is 6.07 Å². The molecule has 2 rings (SSSR count). The largest absolute Gasteiger partial charge is 0.432 e. The van der Waals surface area contributed by atoms with Crippen molar-refractivity contribution in [2.75, 3.05) is 0 Å². The van der Waals surface area contributed by atoms with E-state index < -0.39 is 6.61 Å². The van der Waals surface area contributed by atoms with Crippen LogP contribution in [0.1, 0.15) is 0 Å². The molecule has 0 aliphatic rings. The van der Waals surface area contributed by atoms with Gasteiger partial charge in [0.2, 0.25) is 0 Å². The second-order valence-corrected chi connectivity index (χ2v) is 3.53. The first-order valence-electron chi connectivity index (χ1n) is 3.74. The minimum atomic E-state index is -2.84. The van der Waals surface area contributed by atoms with Crippen molar-refractivity contribution < 1.29 is 13.5 Å². The molecular formula is C8H5BrF2N2O. The predicted molar refractivity (Wildman–Crippen MR) is 50.4 cm³/mol. The van der Waals surface area contributed by atoms with Crippen LogP contribution in [-0.4, -0.2) is 16.8 Å². The molecule has 3 nitrogen and oxygen atoms in total. The van der Waals surface area contributed by atoms with Crippen LogP contribution in [0.15, 0.2) is 22.8 Å². The van der Waals surface area contributed by atoms with Crippen molar-refractivity contribution in [3.63, 3.8) is 0 Å². The van der Waals surface area contributed by atoms with Crippen molar-refractivity contribution in [2.24, 2.45) is 0 Å². The average molecular weight is 263 g/mol. The number of hydrogen-bond acceptors (Lipinski definition) is 2. The van der Waals surface area contributed by atoms with Crippen LogP contribution in [0.25, 0.3) is 10.9 Å². The number of nitrogens with one attached hydrogen (secondary N) is 1. The third-order valence-electron chi connectivity index (χ3n) is 1.69. The average Bonchev–Trinajstić information content (AvgIpc) is 2.50. The standard InChI is InChI=1S/C8H5BrF2N2O/c9-5-1-4-3-12-13-7(4)6(2-5)14-8(10)11/h1-3,8H,(H,12,13). The molecule has 0 aliphatic heterocycles. The summed E-state index contributed by atoms with van der Waals surface area (Å²) in [6.45, 7) is -2.84. The number of halogens is 3. The van der Waals surface area contributed by atoms with Gasteiger partial charge in [-0.05, 0) is 12.1 Å². The van der Waals surface area contributed by atoms with Crippen molar-refractivity contribution in [3.8, 4) is 5.75 Å². The quantitative estimate of drug-likeness (QED) is 0.904. The van der Waals surface area contributed by atoms with E-state index in [0.29, 0.717) is 9.99 Å². The molecule has 0 saturated carbocycles. The minimum Gasteiger partial charge on any atom is -0.432 e. The zero-order chi connectivity index (χ0) is 10.1. The molecule has 1 aromatic heterocycles. The van der Waals surface area contributed by atoms with Gasteiger partial charge in [0.1, 0.15) is 5.52 Å². The summed E-state index contributed by atoms with van der Waals surface area (Å²) in [5.74, 6) is 0.0851. The summed E-state index contributed by atoms with van der Waals surface area (Å²) in [7, 11) is 0. The molecule has 0 unspecified atom stereocenters. The highest BCUT2D eigenvalue weighted by Gasteiger charge is 2.10. The number of benzene rings is 1. The second-order valence-electron chi connectivity index (χ2n) is 2.62. The molecule has 1 aromatic carbocycles. The Hall–Kier alpha value is -1.17. The van der Waals surface area contributed by atoms with Gasteiger partial charge in [-0.2, -0.15) is 13.9 Å². The first kappa shape index (κ1) is 9.39. The molecule has 1 N–H and O–H groups in total. The molecule has 0 amide bonds. The number of nitrogens with zero attached hydrogens (tertiary/aromatic N) is 1. The van der Waals surface area contributed by atoms with Gasteiger partial charge in [0.05, 0.1) is 6.20 Å². The van der Waals surface area contributed by atoms with Crippen molar-refractivity contribution in [2.45, 2.75) is 6.61 Å². The maximum atomic E-state index is 12.0. The van der Waals surface area contributed by atoms with Crippen molar-refractivity contribution >= 4 is 26.8 Å². The summed E-state index contributed by atoms with van der Waals surface area (Å²) < 4.78 is 29.0. The summed E-state index contributed by atoms with van der Waals surface area (Å²) in [6, 6.07) is 3.23. The lowest BCUT2D eigenvalue weighted by Gasteiger charge is -2.05. The predicted octanol–water partition coefficient (Wildman–Crippen LogP) is 2.93. The smallest absolute Gasteiger partial charge is 0.387 e. The van der Waals surface area contributed by atoms with E-state index in [1.54, 1.807) is 12.3 Å². The third-order valence-corrected chi connectivity index (χ3v) is 2.15. The molecule has 0 bridgehead atoms. The monoisotopic (exact) mass is 262 g/mol. The Kier molecular flexibility index (Phi) is 2.37. The second kappa shape index (κ2) is 3.53. The molecule has 0 atom stereocenters. The number of ether oxygens (including phenoxy) is 1. The number of aromatic nitrogens is 2. The van der Waals surface area contributed by atoms with Crippen LogP contribution in [0, 0.1) is 0 Å². The summed E-state index contributed by atoms with van der Waals surface area (Å²) in [4.78, 5) is 0. The van der Waals surface area contributed by atoms with Gasteiger partial charge < -0.3 is 4.74 Å². The number of rotatable bonds is 2. The molecule has 0 fully saturated rings. The van der Waals surface area contributed by atoms with Crippen LogP contribution in [0.4, 0.5) is 8.78 Å². The third kappa shape index (κ3) is 1.70. The summed E-state index contributed by atoms with van der Waals surface area (Å²) in [5.41, 5.74) is 0.466. The van der Waals surface area contributed by atoms with E-state index in [2.05, 4.69) is 30.9 Å². The highest BCUT2D eigenvalue weighted by Crippen LogP contribution is 2.29. The summed E-state index contributed by atoms with van der Waals surface area (Å²) in [5, 5.41) is 7.05. The van der Waals surface area contributed by atoms with Crippen LogP contribution in [-0.2, 0) is 0 Å². The van der Waals surface area contributed by atoms with Crippen LogP contribution in [0.5, 0.6) is 5.75 Å². The highest BCUT2D eigenvalue weighted by atomic mass is 79.9. The van der Waals surface area contributed by atoms with E-state index in [9.17, 15) is 8.78 Å². The van der Waals surface area contributed by atoms with E-state index in [0.717, 1.165) is 5.39 Å². The zero-order valence-corrected chi connectivity index (χ0v) is 8.38. The number of fused-ring (bicyclic) bond motifs is 1. The first-order valence-corrected chi connectivity index (χ1v) is 4.53. The van der Waals surface area contributed by atoms with Crippen LogP contribution < -0.4 is 4.74 Å². The van der Waals surface area contributed by atoms with Crippen molar-refractivity contribution in [1.82, 2.24) is 10.2 Å². The lowest BCUT2D eigenvalue weighted by atomic mass is 10.2. The van der Waals surface area contributed by atoms with Crippen LogP contribution in [0.3, 0.4) is 0 Å². The normalized spacial score (nSPS) is 11.1. The lowest BCUT2D eigenvalue weighted by molar-refractivity contribution is -0.0489. The lowest BCUT2D eigenvalue weighted by Crippen LogP contribution is -2.02. The number of hydrogen-bond donors (Lipinski definition) is 1. The number of aromatic amines is 1. The van der Waals surface area contributed by atoms with Crippen molar-refractivity contribution in [1.29, 1.82) is 0 Å². The molecule has 1 heterocycles. The number of H-pyrrole nitrogens is 1. The molecule has 14 heavy (non-hydrogen) atoms. The molecule has 0 radical (unpaired) electrons. The molecule has 0 spiro atoms. The van der Waals surface area contributed by atoms with Gasteiger partial charge in [0.25, 0.3) is 0 Å². The SMILES string of the molecule is FC(F)Oc1cc(Br)cc2cn[nH]c12. The summed E-state index contributed by atoms with van der Waals surface area (Å²) in [6.07, 6.45) is 1.54. The first-order chi connectivity index (χ1) is 6.66. The Morgan fingerprint density at radius 2 is 2.21 bits per heavy atom. The van der Waals surface area contributed by atoms with Crippen LogP contribution in [0.2, 0.25) is 0 Å². The molecule has 0 saturated heterocycles. The Balaban J connectivity index is 2.55. The fourth-order valence-corrected chi connectivity index (χ4v) is 1.63. The Bertz CT molecular complexity index is 458. The summed E-state index contributed by atoms with van der Waals surface area (Å²) >= 11 is 3.19. The fraction of sp³-hybridized carbons (Fsp3) is 0.125.